The summed E-state index contributed by atoms with van der Waals surface area (Å²) in [6, 6.07) is 7.35. The topological polar surface area (TPSA) is 82.4 Å². The largest absolute Gasteiger partial charge is 0.398 e. The average Bonchev–Trinajstić information content (AvgIpc) is 3.32. The lowest BCUT2D eigenvalue weighted by molar-refractivity contribution is 0.0787. The van der Waals surface area contributed by atoms with Crippen molar-refractivity contribution in [1.29, 1.82) is 0 Å². The van der Waals surface area contributed by atoms with E-state index < -0.39 is 0 Å². The molecule has 1 saturated heterocycles. The second-order valence-corrected chi connectivity index (χ2v) is 6.71. The molecule has 0 spiro atoms. The van der Waals surface area contributed by atoms with Gasteiger partial charge in [0.2, 0.25) is 0 Å². The van der Waals surface area contributed by atoms with Crippen LogP contribution in [0.5, 0.6) is 0 Å². The highest BCUT2D eigenvalue weighted by Gasteiger charge is 2.27. The van der Waals surface area contributed by atoms with E-state index in [0.29, 0.717) is 17.8 Å². The van der Waals surface area contributed by atoms with E-state index in [0.717, 1.165) is 55.7 Å². The summed E-state index contributed by atoms with van der Waals surface area (Å²) in [6.45, 7) is 2.25. The average molecular weight is 338 g/mol. The molecule has 0 unspecified atom stereocenters. The normalized spacial score (nSPS) is 16.8. The van der Waals surface area contributed by atoms with Gasteiger partial charge in [0.1, 0.15) is 5.69 Å². The highest BCUT2D eigenvalue weighted by molar-refractivity contribution is 6.08. The molecule has 130 valence electrons. The number of nitrogen functional groups attached to an aromatic ring is 1. The minimum Gasteiger partial charge on any atom is -0.398 e. The van der Waals surface area contributed by atoms with Crippen LogP contribution in [0.4, 0.5) is 11.4 Å². The molecule has 0 aliphatic carbocycles. The van der Waals surface area contributed by atoms with Gasteiger partial charge in [-0.25, -0.2) is 0 Å². The van der Waals surface area contributed by atoms with E-state index >= 15 is 0 Å². The molecule has 1 aromatic heterocycles. The molecule has 2 aromatic rings. The Labute approximate surface area is 146 Å². The first-order valence-electron chi connectivity index (χ1n) is 8.82. The number of carbonyl (C=O) groups is 2. The molecule has 6 heteroatoms. The summed E-state index contributed by atoms with van der Waals surface area (Å²) < 4.78 is 0. The molecule has 1 aromatic carbocycles. The van der Waals surface area contributed by atoms with Crippen molar-refractivity contribution >= 4 is 23.2 Å². The van der Waals surface area contributed by atoms with Crippen LogP contribution in [0.3, 0.4) is 0 Å². The Morgan fingerprint density at radius 3 is 2.64 bits per heavy atom. The maximum Gasteiger partial charge on any atom is 0.270 e. The maximum atomic E-state index is 13.0. The molecular weight excluding hydrogens is 316 g/mol. The lowest BCUT2D eigenvalue weighted by Gasteiger charge is -2.30. The molecule has 3 heterocycles. The van der Waals surface area contributed by atoms with Crippen molar-refractivity contribution in [3.8, 4) is 0 Å². The predicted molar refractivity (Wildman–Crippen MR) is 96.8 cm³/mol. The van der Waals surface area contributed by atoms with Crippen LogP contribution < -0.4 is 10.6 Å². The Morgan fingerprint density at radius 1 is 1.04 bits per heavy atom. The number of aromatic amines is 1. The van der Waals surface area contributed by atoms with Crippen LogP contribution in [-0.2, 0) is 6.42 Å². The van der Waals surface area contributed by atoms with Gasteiger partial charge in [-0.1, -0.05) is 6.07 Å². The Bertz CT molecular complexity index is 821. The molecular formula is C19H22N4O2. The summed E-state index contributed by atoms with van der Waals surface area (Å²) in [5, 5.41) is 0. The second kappa shape index (κ2) is 6.27. The number of anilines is 2. The Hall–Kier alpha value is -2.76. The Kier molecular flexibility index (Phi) is 3.95. The van der Waals surface area contributed by atoms with E-state index in [2.05, 4.69) is 4.98 Å². The van der Waals surface area contributed by atoms with Crippen molar-refractivity contribution in [3.63, 3.8) is 0 Å². The molecule has 2 amide bonds. The fourth-order valence-corrected chi connectivity index (χ4v) is 3.75. The van der Waals surface area contributed by atoms with E-state index in [-0.39, 0.29) is 11.8 Å². The molecule has 2 aliphatic heterocycles. The first-order chi connectivity index (χ1) is 12.1. The van der Waals surface area contributed by atoms with Crippen LogP contribution in [0.1, 0.15) is 45.7 Å². The summed E-state index contributed by atoms with van der Waals surface area (Å²) in [6.07, 6.45) is 5.50. The first kappa shape index (κ1) is 15.7. The fraction of sp³-hybridized carbons (Fsp3) is 0.368. The van der Waals surface area contributed by atoms with Crippen molar-refractivity contribution in [2.24, 2.45) is 0 Å². The summed E-state index contributed by atoms with van der Waals surface area (Å²) in [5.41, 5.74) is 9.70. The van der Waals surface area contributed by atoms with Gasteiger partial charge in [0, 0.05) is 37.2 Å². The van der Waals surface area contributed by atoms with Crippen molar-refractivity contribution in [2.75, 3.05) is 30.3 Å². The van der Waals surface area contributed by atoms with Crippen LogP contribution in [0.15, 0.2) is 30.5 Å². The fourth-order valence-electron chi connectivity index (χ4n) is 3.75. The number of hydrogen-bond acceptors (Lipinski definition) is 3. The zero-order valence-electron chi connectivity index (χ0n) is 14.1. The number of carbonyl (C=O) groups excluding carboxylic acids is 2. The molecule has 4 rings (SSSR count). The minimum absolute atomic E-state index is 0.0279. The quantitative estimate of drug-likeness (QED) is 0.825. The van der Waals surface area contributed by atoms with Gasteiger partial charge in [-0.05, 0) is 49.4 Å². The Balaban J connectivity index is 1.58. The molecule has 0 saturated carbocycles. The maximum absolute atomic E-state index is 13.0. The third-order valence-corrected chi connectivity index (χ3v) is 5.09. The van der Waals surface area contributed by atoms with E-state index in [9.17, 15) is 9.59 Å². The number of rotatable bonds is 2. The highest BCUT2D eigenvalue weighted by atomic mass is 16.2. The lowest BCUT2D eigenvalue weighted by atomic mass is 9.99. The number of nitrogens with one attached hydrogen (secondary N) is 1. The first-order valence-corrected chi connectivity index (χ1v) is 8.82. The van der Waals surface area contributed by atoms with Gasteiger partial charge in [-0.3, -0.25) is 9.59 Å². The van der Waals surface area contributed by atoms with E-state index in [1.807, 2.05) is 23.1 Å². The van der Waals surface area contributed by atoms with Gasteiger partial charge in [-0.15, -0.1) is 0 Å². The summed E-state index contributed by atoms with van der Waals surface area (Å²) >= 11 is 0. The zero-order chi connectivity index (χ0) is 17.4. The van der Waals surface area contributed by atoms with E-state index in [1.165, 1.54) is 0 Å². The molecule has 25 heavy (non-hydrogen) atoms. The molecule has 0 radical (unpaired) electrons. The molecule has 3 N–H and O–H groups in total. The molecule has 0 atom stereocenters. The standard InChI is InChI=1S/C19H22N4O2/c20-15-6-3-7-17-14(15)5-4-10-23(17)18(24)13-11-16(21-12-13)19(25)22-8-1-2-9-22/h3,6-7,11-12,21H,1-2,4-5,8-10,20H2. The van der Waals surface area contributed by atoms with Crippen molar-refractivity contribution < 1.29 is 9.59 Å². The van der Waals surface area contributed by atoms with Gasteiger partial charge < -0.3 is 20.5 Å². The van der Waals surface area contributed by atoms with Gasteiger partial charge in [0.15, 0.2) is 0 Å². The van der Waals surface area contributed by atoms with Crippen LogP contribution >= 0.6 is 0 Å². The number of likely N-dealkylation sites (tertiary alicyclic amines) is 1. The number of aromatic nitrogens is 1. The van der Waals surface area contributed by atoms with E-state index in [1.54, 1.807) is 17.2 Å². The highest BCUT2D eigenvalue weighted by Crippen LogP contribution is 2.32. The van der Waals surface area contributed by atoms with Crippen LogP contribution in [0.25, 0.3) is 0 Å². The SMILES string of the molecule is Nc1cccc2c1CCCN2C(=O)c1c[nH]c(C(=O)N2CCCC2)c1. The number of nitrogens with zero attached hydrogens (tertiary/aromatic N) is 2. The third-order valence-electron chi connectivity index (χ3n) is 5.09. The number of fused-ring (bicyclic) bond motifs is 1. The summed E-state index contributed by atoms with van der Waals surface area (Å²) in [4.78, 5) is 32.0. The van der Waals surface area contributed by atoms with Crippen molar-refractivity contribution in [2.45, 2.75) is 25.7 Å². The summed E-state index contributed by atoms with van der Waals surface area (Å²) in [5.74, 6) is -0.122. The van der Waals surface area contributed by atoms with Crippen LogP contribution in [0, 0.1) is 0 Å². The minimum atomic E-state index is -0.0942. The number of H-pyrrole nitrogens is 1. The molecule has 1 fully saturated rings. The van der Waals surface area contributed by atoms with Crippen LogP contribution in [-0.4, -0.2) is 41.3 Å². The monoisotopic (exact) mass is 338 g/mol. The zero-order valence-corrected chi connectivity index (χ0v) is 14.1. The van der Waals surface area contributed by atoms with Gasteiger partial charge in [0.05, 0.1) is 5.56 Å². The van der Waals surface area contributed by atoms with Crippen molar-refractivity contribution in [1.82, 2.24) is 9.88 Å². The number of hydrogen-bond donors (Lipinski definition) is 2. The third kappa shape index (κ3) is 2.77. The number of nitrogens with two attached hydrogens (primary N) is 1. The van der Waals surface area contributed by atoms with Gasteiger partial charge >= 0.3 is 0 Å². The smallest absolute Gasteiger partial charge is 0.270 e. The second-order valence-electron chi connectivity index (χ2n) is 6.71. The molecule has 2 aliphatic rings. The number of benzene rings is 1. The van der Waals surface area contributed by atoms with E-state index in [4.69, 9.17) is 5.73 Å². The number of amides is 2. The van der Waals surface area contributed by atoms with Gasteiger partial charge in [-0.2, -0.15) is 0 Å². The summed E-state index contributed by atoms with van der Waals surface area (Å²) in [7, 11) is 0. The lowest BCUT2D eigenvalue weighted by Crippen LogP contribution is -2.35. The molecule has 0 bridgehead atoms. The molecule has 6 nitrogen and oxygen atoms in total. The van der Waals surface area contributed by atoms with Crippen molar-refractivity contribution in [3.05, 3.63) is 47.3 Å². The predicted octanol–water partition coefficient (Wildman–Crippen LogP) is 2.43. The van der Waals surface area contributed by atoms with Gasteiger partial charge in [0.25, 0.3) is 11.8 Å². The van der Waals surface area contributed by atoms with Crippen LogP contribution in [0.2, 0.25) is 0 Å². The Morgan fingerprint density at radius 2 is 1.84 bits per heavy atom.